The highest BCUT2D eigenvalue weighted by atomic mass is 32.2. The number of carbonyl (C=O) groups excluding carboxylic acids is 1. The Morgan fingerprint density at radius 2 is 1.83 bits per heavy atom. The van der Waals surface area contributed by atoms with Gasteiger partial charge in [0.2, 0.25) is 5.91 Å². The second kappa shape index (κ2) is 8.92. The summed E-state index contributed by atoms with van der Waals surface area (Å²) in [5.41, 5.74) is 4.93. The molecule has 0 bridgehead atoms. The molecule has 0 aliphatic heterocycles. The Labute approximate surface area is 179 Å². The number of anilines is 1. The van der Waals surface area contributed by atoms with Crippen molar-refractivity contribution in [2.24, 2.45) is 0 Å². The summed E-state index contributed by atoms with van der Waals surface area (Å²) in [4.78, 5) is 16.7. The lowest BCUT2D eigenvalue weighted by Crippen LogP contribution is -2.14. The first kappa shape index (κ1) is 19.8. The summed E-state index contributed by atoms with van der Waals surface area (Å²) in [6, 6.07) is 19.6. The summed E-state index contributed by atoms with van der Waals surface area (Å²) in [6.07, 6.45) is 3.48. The smallest absolute Gasteiger partial charge is 0.234 e. The molecule has 0 saturated carbocycles. The standard InChI is InChI=1S/C23H21N5OS/c1-16-10-11-19(13-17(16)2)25-21(29)15-30-23-27-26-22(18-7-6-12-24-14-18)28(23)20-8-4-3-5-9-20/h3-14H,15H2,1-2H3,(H,25,29). The average Bonchev–Trinajstić information content (AvgIpc) is 3.20. The molecule has 4 rings (SSSR count). The number of aromatic nitrogens is 4. The molecule has 0 aliphatic carbocycles. The van der Waals surface area contributed by atoms with E-state index in [0.717, 1.165) is 22.5 Å². The highest BCUT2D eigenvalue weighted by Crippen LogP contribution is 2.27. The van der Waals surface area contributed by atoms with Gasteiger partial charge < -0.3 is 5.32 Å². The number of para-hydroxylation sites is 1. The third-order valence-electron chi connectivity index (χ3n) is 4.69. The molecule has 6 nitrogen and oxygen atoms in total. The van der Waals surface area contributed by atoms with Gasteiger partial charge in [0.1, 0.15) is 0 Å². The van der Waals surface area contributed by atoms with E-state index in [-0.39, 0.29) is 11.7 Å². The van der Waals surface area contributed by atoms with Gasteiger partial charge >= 0.3 is 0 Å². The van der Waals surface area contributed by atoms with E-state index in [2.05, 4.69) is 20.5 Å². The third-order valence-corrected chi connectivity index (χ3v) is 5.62. The van der Waals surface area contributed by atoms with Gasteiger partial charge in [0.05, 0.1) is 5.75 Å². The Balaban J connectivity index is 1.56. The van der Waals surface area contributed by atoms with Crippen molar-refractivity contribution in [2.75, 3.05) is 11.1 Å². The number of thioether (sulfide) groups is 1. The van der Waals surface area contributed by atoms with Gasteiger partial charge in [0.15, 0.2) is 11.0 Å². The van der Waals surface area contributed by atoms with E-state index in [1.165, 1.54) is 17.3 Å². The largest absolute Gasteiger partial charge is 0.325 e. The Morgan fingerprint density at radius 3 is 2.57 bits per heavy atom. The lowest BCUT2D eigenvalue weighted by atomic mass is 10.1. The van der Waals surface area contributed by atoms with Crippen molar-refractivity contribution in [3.8, 4) is 17.1 Å². The quantitative estimate of drug-likeness (QED) is 0.463. The zero-order valence-corrected chi connectivity index (χ0v) is 17.6. The van der Waals surface area contributed by atoms with Crippen molar-refractivity contribution in [1.82, 2.24) is 19.7 Å². The van der Waals surface area contributed by atoms with Crippen molar-refractivity contribution in [3.63, 3.8) is 0 Å². The molecule has 0 spiro atoms. The first-order chi connectivity index (χ1) is 14.6. The second-order valence-electron chi connectivity index (χ2n) is 6.85. The van der Waals surface area contributed by atoms with Crippen molar-refractivity contribution >= 4 is 23.4 Å². The molecule has 1 N–H and O–H groups in total. The number of nitrogens with zero attached hydrogens (tertiary/aromatic N) is 4. The number of benzene rings is 2. The zero-order valence-electron chi connectivity index (χ0n) is 16.7. The van der Waals surface area contributed by atoms with Crippen LogP contribution in [0.4, 0.5) is 5.69 Å². The first-order valence-electron chi connectivity index (χ1n) is 9.53. The number of nitrogens with one attached hydrogen (secondary N) is 1. The highest BCUT2D eigenvalue weighted by Gasteiger charge is 2.17. The van der Waals surface area contributed by atoms with Crippen LogP contribution in [0, 0.1) is 13.8 Å². The number of pyridine rings is 1. The maximum Gasteiger partial charge on any atom is 0.234 e. The number of rotatable bonds is 6. The van der Waals surface area contributed by atoms with Crippen LogP contribution in [-0.2, 0) is 4.79 Å². The molecule has 2 heterocycles. The van der Waals surface area contributed by atoms with Gasteiger partial charge in [0, 0.05) is 29.3 Å². The van der Waals surface area contributed by atoms with E-state index in [4.69, 9.17) is 0 Å². The molecule has 0 fully saturated rings. The lowest BCUT2D eigenvalue weighted by Gasteiger charge is -2.10. The van der Waals surface area contributed by atoms with E-state index in [0.29, 0.717) is 11.0 Å². The summed E-state index contributed by atoms with van der Waals surface area (Å²) in [7, 11) is 0. The van der Waals surface area contributed by atoms with Crippen molar-refractivity contribution in [3.05, 3.63) is 84.2 Å². The predicted molar refractivity (Wildman–Crippen MR) is 120 cm³/mol. The van der Waals surface area contributed by atoms with Gasteiger partial charge in [-0.05, 0) is 61.4 Å². The van der Waals surface area contributed by atoms with E-state index in [1.54, 1.807) is 12.4 Å². The minimum atomic E-state index is -0.0891. The SMILES string of the molecule is Cc1ccc(NC(=O)CSc2nnc(-c3cccnc3)n2-c2ccccc2)cc1C. The Morgan fingerprint density at radius 1 is 1.00 bits per heavy atom. The summed E-state index contributed by atoms with van der Waals surface area (Å²) in [6.45, 7) is 4.08. The molecule has 7 heteroatoms. The summed E-state index contributed by atoms with van der Waals surface area (Å²) >= 11 is 1.35. The summed E-state index contributed by atoms with van der Waals surface area (Å²) < 4.78 is 1.95. The van der Waals surface area contributed by atoms with Crippen LogP contribution in [0.2, 0.25) is 0 Å². The second-order valence-corrected chi connectivity index (χ2v) is 7.80. The fourth-order valence-corrected chi connectivity index (χ4v) is 3.75. The molecule has 150 valence electrons. The molecular weight excluding hydrogens is 394 g/mol. The van der Waals surface area contributed by atoms with Crippen LogP contribution in [0.3, 0.4) is 0 Å². The van der Waals surface area contributed by atoms with Crippen molar-refractivity contribution < 1.29 is 4.79 Å². The molecule has 0 aliphatic rings. The van der Waals surface area contributed by atoms with Crippen LogP contribution in [-0.4, -0.2) is 31.4 Å². The zero-order chi connectivity index (χ0) is 20.9. The molecule has 0 saturated heterocycles. The van der Waals surface area contributed by atoms with Gasteiger partial charge in [-0.3, -0.25) is 14.3 Å². The maximum atomic E-state index is 12.5. The molecule has 2 aromatic heterocycles. The van der Waals surface area contributed by atoms with Crippen LogP contribution in [0.15, 0.2) is 78.2 Å². The molecule has 2 aromatic carbocycles. The maximum absolute atomic E-state index is 12.5. The van der Waals surface area contributed by atoms with E-state index in [1.807, 2.05) is 79.1 Å². The van der Waals surface area contributed by atoms with Crippen LogP contribution < -0.4 is 5.32 Å². The molecule has 0 unspecified atom stereocenters. The number of carbonyl (C=O) groups is 1. The highest BCUT2D eigenvalue weighted by molar-refractivity contribution is 7.99. The molecule has 0 radical (unpaired) electrons. The molecule has 1 amide bonds. The Kier molecular flexibility index (Phi) is 5.90. The number of hydrogen-bond acceptors (Lipinski definition) is 5. The topological polar surface area (TPSA) is 72.7 Å². The van der Waals surface area contributed by atoms with Crippen molar-refractivity contribution in [1.29, 1.82) is 0 Å². The van der Waals surface area contributed by atoms with Gasteiger partial charge in [-0.1, -0.05) is 36.0 Å². The van der Waals surface area contributed by atoms with E-state index < -0.39 is 0 Å². The fourth-order valence-electron chi connectivity index (χ4n) is 3.00. The van der Waals surface area contributed by atoms with Gasteiger partial charge in [-0.2, -0.15) is 0 Å². The summed E-state index contributed by atoms with van der Waals surface area (Å²) in [5, 5.41) is 12.3. The van der Waals surface area contributed by atoms with Crippen LogP contribution >= 0.6 is 11.8 Å². The van der Waals surface area contributed by atoms with E-state index >= 15 is 0 Å². The van der Waals surface area contributed by atoms with Crippen LogP contribution in [0.5, 0.6) is 0 Å². The normalized spacial score (nSPS) is 10.7. The third kappa shape index (κ3) is 4.41. The minimum absolute atomic E-state index is 0.0891. The first-order valence-corrected chi connectivity index (χ1v) is 10.5. The van der Waals surface area contributed by atoms with Crippen LogP contribution in [0.25, 0.3) is 17.1 Å². The Bertz CT molecular complexity index is 1160. The molecule has 0 atom stereocenters. The average molecular weight is 416 g/mol. The number of aryl methyl sites for hydroxylation is 2. The summed E-state index contributed by atoms with van der Waals surface area (Å²) in [5.74, 6) is 0.824. The van der Waals surface area contributed by atoms with Gasteiger partial charge in [0.25, 0.3) is 0 Å². The number of amides is 1. The molecular formula is C23H21N5OS. The van der Waals surface area contributed by atoms with E-state index in [9.17, 15) is 4.79 Å². The van der Waals surface area contributed by atoms with Crippen LogP contribution in [0.1, 0.15) is 11.1 Å². The van der Waals surface area contributed by atoms with Gasteiger partial charge in [-0.25, -0.2) is 0 Å². The number of hydrogen-bond donors (Lipinski definition) is 1. The molecule has 4 aromatic rings. The van der Waals surface area contributed by atoms with Crippen molar-refractivity contribution in [2.45, 2.75) is 19.0 Å². The monoisotopic (exact) mass is 415 g/mol. The molecule has 30 heavy (non-hydrogen) atoms. The minimum Gasteiger partial charge on any atom is -0.325 e. The fraction of sp³-hybridized carbons (Fsp3) is 0.130. The Hall–Kier alpha value is -3.45. The van der Waals surface area contributed by atoms with Gasteiger partial charge in [-0.15, -0.1) is 10.2 Å². The lowest BCUT2D eigenvalue weighted by molar-refractivity contribution is -0.113. The predicted octanol–water partition coefficient (Wildman–Crippen LogP) is 4.68.